The fourth-order valence-electron chi connectivity index (χ4n) is 5.43. The fraction of sp³-hybridized carbons (Fsp3) is 0.600. The first-order valence-corrected chi connectivity index (χ1v) is 9.33. The highest BCUT2D eigenvalue weighted by Crippen LogP contribution is 2.47. The zero-order valence-electron chi connectivity index (χ0n) is 14.3. The molecular weight excluding hydrogens is 300 g/mol. The number of hydrogen-bond donors (Lipinski definition) is 2. The summed E-state index contributed by atoms with van der Waals surface area (Å²) in [7, 11) is 1.73. The van der Waals surface area contributed by atoms with Gasteiger partial charge in [-0.3, -0.25) is 4.90 Å². The number of benzene rings is 1. The molecular formula is C20H26N2O2. The quantitative estimate of drug-likeness (QED) is 0.846. The highest BCUT2D eigenvalue weighted by Gasteiger charge is 2.42. The van der Waals surface area contributed by atoms with Gasteiger partial charge in [0.2, 0.25) is 0 Å². The van der Waals surface area contributed by atoms with E-state index in [0.717, 1.165) is 37.5 Å². The number of hydrogen-bond acceptors (Lipinski definition) is 3. The second-order valence-electron chi connectivity index (χ2n) is 7.91. The van der Waals surface area contributed by atoms with Crippen LogP contribution in [0.4, 0.5) is 0 Å². The van der Waals surface area contributed by atoms with Crippen LogP contribution in [0.15, 0.2) is 18.2 Å². The third-order valence-corrected chi connectivity index (χ3v) is 6.68. The monoisotopic (exact) mass is 326 g/mol. The predicted molar refractivity (Wildman–Crippen MR) is 94.3 cm³/mol. The molecule has 2 aliphatic heterocycles. The standard InChI is InChI=1S/C20H26N2O2/c1-24-15-4-5-18-17(10-15)16-6-7-22-11-12-2-3-14(23)8-13(12)9-19(22)20(16)21-18/h4-5,10,12-14,19,21,23H,2-3,6-9,11H2,1H3. The number of rotatable bonds is 1. The molecule has 5 rings (SSSR count). The van der Waals surface area contributed by atoms with Crippen molar-refractivity contribution in [1.29, 1.82) is 0 Å². The molecule has 1 saturated carbocycles. The second-order valence-corrected chi connectivity index (χ2v) is 7.91. The summed E-state index contributed by atoms with van der Waals surface area (Å²) in [6, 6.07) is 6.86. The van der Waals surface area contributed by atoms with Gasteiger partial charge >= 0.3 is 0 Å². The molecule has 4 atom stereocenters. The number of nitrogens with zero attached hydrogens (tertiary/aromatic N) is 1. The van der Waals surface area contributed by atoms with E-state index in [9.17, 15) is 5.11 Å². The van der Waals surface area contributed by atoms with Crippen molar-refractivity contribution in [2.45, 2.75) is 44.2 Å². The third-order valence-electron chi connectivity index (χ3n) is 6.68. The number of aliphatic hydroxyl groups is 1. The van der Waals surface area contributed by atoms with Crippen molar-refractivity contribution in [2.75, 3.05) is 20.2 Å². The smallest absolute Gasteiger partial charge is 0.119 e. The van der Waals surface area contributed by atoms with Gasteiger partial charge in [-0.15, -0.1) is 0 Å². The van der Waals surface area contributed by atoms with Crippen molar-refractivity contribution in [3.05, 3.63) is 29.5 Å². The van der Waals surface area contributed by atoms with Crippen LogP contribution in [-0.2, 0) is 6.42 Å². The van der Waals surface area contributed by atoms with Gasteiger partial charge in [-0.05, 0) is 67.7 Å². The molecule has 2 aromatic rings. The number of aliphatic hydroxyl groups excluding tert-OH is 1. The second kappa shape index (κ2) is 5.50. The molecule has 0 spiro atoms. The number of nitrogens with one attached hydrogen (secondary N) is 1. The number of ether oxygens (including phenoxy) is 1. The lowest BCUT2D eigenvalue weighted by Crippen LogP contribution is -2.48. The molecule has 4 heteroatoms. The van der Waals surface area contributed by atoms with E-state index >= 15 is 0 Å². The van der Waals surface area contributed by atoms with Crippen LogP contribution in [0, 0.1) is 11.8 Å². The molecule has 0 bridgehead atoms. The highest BCUT2D eigenvalue weighted by molar-refractivity contribution is 5.86. The Hall–Kier alpha value is -1.52. The molecule has 2 fully saturated rings. The van der Waals surface area contributed by atoms with Gasteiger partial charge in [0.25, 0.3) is 0 Å². The van der Waals surface area contributed by atoms with Gasteiger partial charge in [-0.1, -0.05) is 0 Å². The van der Waals surface area contributed by atoms with Gasteiger partial charge in [0, 0.05) is 29.7 Å². The number of piperidine rings is 1. The minimum atomic E-state index is -0.0761. The van der Waals surface area contributed by atoms with Crippen LogP contribution in [0.3, 0.4) is 0 Å². The highest BCUT2D eigenvalue weighted by atomic mass is 16.5. The van der Waals surface area contributed by atoms with E-state index in [2.05, 4.69) is 22.0 Å². The van der Waals surface area contributed by atoms with Gasteiger partial charge in [-0.25, -0.2) is 0 Å². The van der Waals surface area contributed by atoms with Crippen LogP contribution in [-0.4, -0.2) is 41.3 Å². The topological polar surface area (TPSA) is 48.5 Å². The fourth-order valence-corrected chi connectivity index (χ4v) is 5.43. The Bertz CT molecular complexity index is 768. The molecule has 128 valence electrons. The molecule has 4 unspecified atom stereocenters. The Morgan fingerprint density at radius 2 is 2.12 bits per heavy atom. The number of aromatic nitrogens is 1. The van der Waals surface area contributed by atoms with Crippen molar-refractivity contribution in [2.24, 2.45) is 11.8 Å². The van der Waals surface area contributed by atoms with Crippen LogP contribution < -0.4 is 4.74 Å². The molecule has 3 aliphatic rings. The van der Waals surface area contributed by atoms with Crippen LogP contribution in [0.25, 0.3) is 10.9 Å². The summed E-state index contributed by atoms with van der Waals surface area (Å²) >= 11 is 0. The van der Waals surface area contributed by atoms with E-state index in [1.807, 2.05) is 6.07 Å². The Morgan fingerprint density at radius 3 is 3.00 bits per heavy atom. The van der Waals surface area contributed by atoms with Crippen molar-refractivity contribution in [1.82, 2.24) is 9.88 Å². The van der Waals surface area contributed by atoms with Crippen LogP contribution >= 0.6 is 0 Å². The van der Waals surface area contributed by atoms with E-state index in [1.165, 1.54) is 41.5 Å². The SMILES string of the molecule is COc1ccc2[nH]c3c(c2c1)CCN1CC2CCC(O)CC2CC31. The summed E-state index contributed by atoms with van der Waals surface area (Å²) in [5, 5.41) is 11.4. The summed E-state index contributed by atoms with van der Waals surface area (Å²) in [5.41, 5.74) is 4.14. The zero-order valence-corrected chi connectivity index (χ0v) is 14.3. The summed E-state index contributed by atoms with van der Waals surface area (Å²) in [6.45, 7) is 2.37. The Morgan fingerprint density at radius 1 is 1.21 bits per heavy atom. The lowest BCUT2D eigenvalue weighted by Gasteiger charge is -2.48. The maximum atomic E-state index is 10.1. The molecule has 1 aromatic heterocycles. The molecule has 0 amide bonds. The van der Waals surface area contributed by atoms with Crippen molar-refractivity contribution in [3.8, 4) is 5.75 Å². The minimum Gasteiger partial charge on any atom is -0.497 e. The van der Waals surface area contributed by atoms with Crippen molar-refractivity contribution >= 4 is 10.9 Å². The third kappa shape index (κ3) is 2.20. The lowest BCUT2D eigenvalue weighted by molar-refractivity contribution is -0.0107. The van der Waals surface area contributed by atoms with Gasteiger partial charge in [-0.2, -0.15) is 0 Å². The molecule has 1 aliphatic carbocycles. The van der Waals surface area contributed by atoms with Crippen molar-refractivity contribution < 1.29 is 9.84 Å². The van der Waals surface area contributed by atoms with Crippen LogP contribution in [0.2, 0.25) is 0 Å². The van der Waals surface area contributed by atoms with E-state index < -0.39 is 0 Å². The van der Waals surface area contributed by atoms with Gasteiger partial charge in [0.15, 0.2) is 0 Å². The van der Waals surface area contributed by atoms with Crippen LogP contribution in [0.5, 0.6) is 5.75 Å². The zero-order chi connectivity index (χ0) is 16.3. The van der Waals surface area contributed by atoms with E-state index in [-0.39, 0.29) is 6.10 Å². The molecule has 2 N–H and O–H groups in total. The number of aromatic amines is 1. The normalized spacial score (nSPS) is 32.9. The minimum absolute atomic E-state index is 0.0761. The molecule has 0 radical (unpaired) electrons. The largest absolute Gasteiger partial charge is 0.497 e. The first-order valence-electron chi connectivity index (χ1n) is 9.33. The summed E-state index contributed by atoms with van der Waals surface area (Å²) in [6.07, 6.45) is 5.44. The summed E-state index contributed by atoms with van der Waals surface area (Å²) < 4.78 is 5.42. The molecule has 24 heavy (non-hydrogen) atoms. The molecule has 1 saturated heterocycles. The summed E-state index contributed by atoms with van der Waals surface area (Å²) in [5.74, 6) is 2.41. The van der Waals surface area contributed by atoms with Gasteiger partial charge < -0.3 is 14.8 Å². The Balaban J connectivity index is 1.52. The van der Waals surface area contributed by atoms with E-state index in [4.69, 9.17) is 4.74 Å². The first-order chi connectivity index (χ1) is 11.7. The number of methoxy groups -OCH3 is 1. The van der Waals surface area contributed by atoms with Crippen LogP contribution in [0.1, 0.15) is 43.0 Å². The molecule has 1 aromatic carbocycles. The number of H-pyrrole nitrogens is 1. The summed E-state index contributed by atoms with van der Waals surface area (Å²) in [4.78, 5) is 6.40. The maximum Gasteiger partial charge on any atom is 0.119 e. The average Bonchev–Trinajstić information content (AvgIpc) is 2.98. The predicted octanol–water partition coefficient (Wildman–Crippen LogP) is 3.26. The first kappa shape index (κ1) is 14.8. The lowest BCUT2D eigenvalue weighted by atomic mass is 9.70. The number of fused-ring (bicyclic) bond motifs is 6. The van der Waals surface area contributed by atoms with Gasteiger partial charge in [0.1, 0.15) is 5.75 Å². The Kier molecular flexibility index (Phi) is 3.39. The van der Waals surface area contributed by atoms with E-state index in [1.54, 1.807) is 7.11 Å². The average molecular weight is 326 g/mol. The maximum absolute atomic E-state index is 10.1. The Labute approximate surface area is 142 Å². The molecule has 3 heterocycles. The van der Waals surface area contributed by atoms with Crippen molar-refractivity contribution in [3.63, 3.8) is 0 Å². The van der Waals surface area contributed by atoms with Gasteiger partial charge in [0.05, 0.1) is 19.3 Å². The van der Waals surface area contributed by atoms with E-state index in [0.29, 0.717) is 12.0 Å². The molecule has 4 nitrogen and oxygen atoms in total.